The number of carbonyl (C=O) groups excluding carboxylic acids is 1. The smallest absolute Gasteiger partial charge is 0.235 e. The van der Waals surface area contributed by atoms with Gasteiger partial charge < -0.3 is 9.64 Å². The normalized spacial score (nSPS) is 23.5. The molecule has 0 unspecified atom stereocenters. The molecule has 1 fully saturated rings. The van der Waals surface area contributed by atoms with Gasteiger partial charge in [-0.25, -0.2) is 0 Å². The quantitative estimate of drug-likeness (QED) is 0.859. The first-order valence-corrected chi connectivity index (χ1v) is 8.80. The summed E-state index contributed by atoms with van der Waals surface area (Å²) in [6.07, 6.45) is 3.59. The van der Waals surface area contributed by atoms with E-state index in [2.05, 4.69) is 31.2 Å². The lowest BCUT2D eigenvalue weighted by Gasteiger charge is -2.31. The van der Waals surface area contributed by atoms with Crippen LogP contribution >= 0.6 is 11.8 Å². The fourth-order valence-corrected chi connectivity index (χ4v) is 4.63. The standard InChI is InChI=1S/C17H23NO2S/c1-13(17(19)18-9-11-20-12-10-18)21-16-8-4-6-14-5-2-3-7-15(14)16/h2-3,5,7,13,16H,4,6,8-12H2,1H3/t13-,16+/m0/s1. The molecule has 4 heteroatoms. The van der Waals surface area contributed by atoms with Crippen LogP contribution in [-0.4, -0.2) is 42.4 Å². The number of fused-ring (bicyclic) bond motifs is 1. The van der Waals surface area contributed by atoms with Gasteiger partial charge in [-0.05, 0) is 37.3 Å². The highest BCUT2D eigenvalue weighted by molar-refractivity contribution is 8.00. The summed E-state index contributed by atoms with van der Waals surface area (Å²) in [4.78, 5) is 14.5. The van der Waals surface area contributed by atoms with Gasteiger partial charge in [0.05, 0.1) is 18.5 Å². The topological polar surface area (TPSA) is 29.5 Å². The van der Waals surface area contributed by atoms with Crippen LogP contribution in [0.3, 0.4) is 0 Å². The van der Waals surface area contributed by atoms with Crippen molar-refractivity contribution < 1.29 is 9.53 Å². The number of morpholine rings is 1. The highest BCUT2D eigenvalue weighted by Gasteiger charge is 2.28. The molecule has 1 aromatic rings. The van der Waals surface area contributed by atoms with E-state index < -0.39 is 0 Å². The molecule has 3 nitrogen and oxygen atoms in total. The molecule has 1 heterocycles. The summed E-state index contributed by atoms with van der Waals surface area (Å²) in [6.45, 7) is 4.89. The van der Waals surface area contributed by atoms with Gasteiger partial charge in [0.2, 0.25) is 5.91 Å². The van der Waals surface area contributed by atoms with Gasteiger partial charge in [-0.2, -0.15) is 0 Å². The third-order valence-electron chi connectivity index (χ3n) is 4.35. The maximum absolute atomic E-state index is 12.5. The number of hydrogen-bond donors (Lipinski definition) is 0. The van der Waals surface area contributed by atoms with Crippen LogP contribution in [0.25, 0.3) is 0 Å². The van der Waals surface area contributed by atoms with Gasteiger partial charge in [-0.1, -0.05) is 24.3 Å². The Morgan fingerprint density at radius 2 is 2.10 bits per heavy atom. The third kappa shape index (κ3) is 3.43. The lowest BCUT2D eigenvalue weighted by atomic mass is 9.91. The van der Waals surface area contributed by atoms with Crippen molar-refractivity contribution in [2.24, 2.45) is 0 Å². The van der Waals surface area contributed by atoms with Crippen molar-refractivity contribution in [2.75, 3.05) is 26.3 Å². The number of amides is 1. The molecule has 21 heavy (non-hydrogen) atoms. The van der Waals surface area contributed by atoms with E-state index in [9.17, 15) is 4.79 Å². The molecule has 0 bridgehead atoms. The average molecular weight is 305 g/mol. The maximum Gasteiger partial charge on any atom is 0.235 e. The van der Waals surface area contributed by atoms with Crippen LogP contribution in [0.4, 0.5) is 0 Å². The molecule has 2 aliphatic rings. The average Bonchev–Trinajstić information content (AvgIpc) is 2.55. The minimum absolute atomic E-state index is 0.0271. The van der Waals surface area contributed by atoms with Gasteiger partial charge in [0.15, 0.2) is 0 Å². The fraction of sp³-hybridized carbons (Fsp3) is 0.588. The van der Waals surface area contributed by atoms with Crippen molar-refractivity contribution in [1.82, 2.24) is 4.90 Å². The minimum atomic E-state index is 0.0271. The second-order valence-electron chi connectivity index (χ2n) is 5.80. The molecule has 3 rings (SSSR count). The lowest BCUT2D eigenvalue weighted by Crippen LogP contribution is -2.44. The summed E-state index contributed by atoms with van der Waals surface area (Å²) < 4.78 is 5.33. The monoisotopic (exact) mass is 305 g/mol. The Hall–Kier alpha value is -1.00. The lowest BCUT2D eigenvalue weighted by molar-refractivity contribution is -0.134. The highest BCUT2D eigenvalue weighted by atomic mass is 32.2. The Balaban J connectivity index is 1.65. The largest absolute Gasteiger partial charge is 0.378 e. The van der Waals surface area contributed by atoms with E-state index in [1.54, 1.807) is 0 Å². The molecule has 1 amide bonds. The van der Waals surface area contributed by atoms with Crippen LogP contribution in [0.1, 0.15) is 36.1 Å². The summed E-state index contributed by atoms with van der Waals surface area (Å²) in [7, 11) is 0. The zero-order valence-corrected chi connectivity index (χ0v) is 13.4. The van der Waals surface area contributed by atoms with Crippen molar-refractivity contribution >= 4 is 17.7 Å². The molecule has 0 spiro atoms. The van der Waals surface area contributed by atoms with E-state index in [4.69, 9.17) is 4.74 Å². The fourth-order valence-electron chi connectivity index (χ4n) is 3.20. The van der Waals surface area contributed by atoms with E-state index >= 15 is 0 Å². The Morgan fingerprint density at radius 3 is 2.90 bits per heavy atom. The number of nitrogens with zero attached hydrogens (tertiary/aromatic N) is 1. The molecule has 0 radical (unpaired) electrons. The van der Waals surface area contributed by atoms with E-state index in [0.29, 0.717) is 18.5 Å². The minimum Gasteiger partial charge on any atom is -0.378 e. The van der Waals surface area contributed by atoms with Crippen LogP contribution in [0.2, 0.25) is 0 Å². The molecule has 1 aromatic carbocycles. The highest BCUT2D eigenvalue weighted by Crippen LogP contribution is 2.41. The molecule has 2 atom stereocenters. The van der Waals surface area contributed by atoms with Gasteiger partial charge in [-0.15, -0.1) is 11.8 Å². The summed E-state index contributed by atoms with van der Waals surface area (Å²) >= 11 is 1.83. The van der Waals surface area contributed by atoms with Crippen molar-refractivity contribution in [1.29, 1.82) is 0 Å². The summed E-state index contributed by atoms with van der Waals surface area (Å²) in [5.74, 6) is 0.270. The Bertz CT molecular complexity index is 499. The van der Waals surface area contributed by atoms with Crippen LogP contribution in [-0.2, 0) is 16.0 Å². The maximum atomic E-state index is 12.5. The number of benzene rings is 1. The van der Waals surface area contributed by atoms with Gasteiger partial charge in [0.1, 0.15) is 0 Å². The van der Waals surface area contributed by atoms with Gasteiger partial charge >= 0.3 is 0 Å². The van der Waals surface area contributed by atoms with Crippen LogP contribution in [0.15, 0.2) is 24.3 Å². The molecule has 1 aliphatic carbocycles. The number of aryl methyl sites for hydroxylation is 1. The van der Waals surface area contributed by atoms with Crippen molar-refractivity contribution in [2.45, 2.75) is 36.7 Å². The first-order chi connectivity index (χ1) is 10.3. The van der Waals surface area contributed by atoms with Crippen molar-refractivity contribution in [3.63, 3.8) is 0 Å². The van der Waals surface area contributed by atoms with E-state index in [0.717, 1.165) is 13.1 Å². The second kappa shape index (κ2) is 6.84. The van der Waals surface area contributed by atoms with E-state index in [1.165, 1.54) is 30.4 Å². The van der Waals surface area contributed by atoms with Gasteiger partial charge in [0.25, 0.3) is 0 Å². The molecule has 1 aliphatic heterocycles. The van der Waals surface area contributed by atoms with Crippen molar-refractivity contribution in [3.8, 4) is 0 Å². The van der Waals surface area contributed by atoms with E-state index in [1.807, 2.05) is 16.7 Å². The second-order valence-corrected chi connectivity index (χ2v) is 7.34. The predicted octanol–water partition coefficient (Wildman–Crippen LogP) is 3.04. The number of ether oxygens (including phenoxy) is 1. The summed E-state index contributed by atoms with van der Waals surface area (Å²) in [6, 6.07) is 8.70. The van der Waals surface area contributed by atoms with Crippen LogP contribution in [0, 0.1) is 0 Å². The molecular formula is C17H23NO2S. The zero-order valence-electron chi connectivity index (χ0n) is 12.6. The van der Waals surface area contributed by atoms with Gasteiger partial charge in [-0.3, -0.25) is 4.79 Å². The molecule has 114 valence electrons. The Kier molecular flexibility index (Phi) is 4.86. The molecule has 0 aromatic heterocycles. The summed E-state index contributed by atoms with van der Waals surface area (Å²) in [5.41, 5.74) is 2.91. The van der Waals surface area contributed by atoms with Crippen LogP contribution in [0.5, 0.6) is 0 Å². The number of rotatable bonds is 3. The first-order valence-electron chi connectivity index (χ1n) is 7.85. The molecule has 0 saturated carbocycles. The SMILES string of the molecule is C[C@H](S[C@@H]1CCCc2ccccc21)C(=O)N1CCOCC1. The zero-order chi connectivity index (χ0) is 14.7. The first kappa shape index (κ1) is 14.9. The van der Waals surface area contributed by atoms with Gasteiger partial charge in [0, 0.05) is 18.3 Å². The molecule has 1 saturated heterocycles. The molecule has 0 N–H and O–H groups in total. The number of carbonyl (C=O) groups is 1. The Labute approximate surface area is 131 Å². The number of hydrogen-bond acceptors (Lipinski definition) is 3. The van der Waals surface area contributed by atoms with E-state index in [-0.39, 0.29) is 11.2 Å². The molecular weight excluding hydrogens is 282 g/mol. The van der Waals surface area contributed by atoms with Crippen molar-refractivity contribution in [3.05, 3.63) is 35.4 Å². The summed E-state index contributed by atoms with van der Waals surface area (Å²) in [5, 5.41) is 0.495. The number of thioether (sulfide) groups is 1. The van der Waals surface area contributed by atoms with Crippen LogP contribution < -0.4 is 0 Å². The predicted molar refractivity (Wildman–Crippen MR) is 86.6 cm³/mol. The third-order valence-corrected chi connectivity index (χ3v) is 5.78. The Morgan fingerprint density at radius 1 is 1.33 bits per heavy atom.